The highest BCUT2D eigenvalue weighted by molar-refractivity contribution is 5.83. The van der Waals surface area contributed by atoms with Crippen molar-refractivity contribution in [2.75, 3.05) is 13.1 Å². The number of hydrogen-bond donors (Lipinski definition) is 1. The molecule has 34 heavy (non-hydrogen) atoms. The number of nitrogens with zero attached hydrogens (tertiary/aromatic N) is 2. The topological polar surface area (TPSA) is 130 Å². The molecule has 3 unspecified atom stereocenters. The number of carboxylic acids is 1. The van der Waals surface area contributed by atoms with E-state index in [0.717, 1.165) is 30.3 Å². The van der Waals surface area contributed by atoms with Crippen LogP contribution in [0.25, 0.3) is 0 Å². The van der Waals surface area contributed by atoms with E-state index in [4.69, 9.17) is 0 Å². The number of quaternary nitrogens is 1. The molecule has 1 heterocycles. The lowest BCUT2D eigenvalue weighted by molar-refractivity contribution is -0.384. The molecule has 0 aliphatic carbocycles. The number of nitro groups is 1. The van der Waals surface area contributed by atoms with Crippen LogP contribution in [-0.4, -0.2) is 41.5 Å². The van der Waals surface area contributed by atoms with E-state index < -0.39 is 57.3 Å². The van der Waals surface area contributed by atoms with Gasteiger partial charge < -0.3 is 19.7 Å². The molecule has 3 rings (SSSR count). The highest BCUT2D eigenvalue weighted by atomic mass is 19.4. The summed E-state index contributed by atoms with van der Waals surface area (Å²) in [7, 11) is 0. The maximum atomic E-state index is 14.3. The fourth-order valence-electron chi connectivity index (χ4n) is 4.37. The highest BCUT2D eigenvalue weighted by Crippen LogP contribution is 2.45. The van der Waals surface area contributed by atoms with Crippen molar-refractivity contribution in [3.8, 4) is 5.75 Å². The molecule has 0 aromatic heterocycles. The number of halogens is 4. The van der Waals surface area contributed by atoms with E-state index in [9.17, 15) is 47.5 Å². The average Bonchev–Trinajstić information content (AvgIpc) is 2.73. The minimum Gasteiger partial charge on any atom is -0.498 e. The lowest BCUT2D eigenvalue weighted by Crippen LogP contribution is -2.68. The first-order chi connectivity index (χ1) is 15.7. The highest BCUT2D eigenvalue weighted by Gasteiger charge is 2.53. The Morgan fingerprint density at radius 2 is 1.82 bits per heavy atom. The van der Waals surface area contributed by atoms with Gasteiger partial charge in [-0.1, -0.05) is 6.07 Å². The predicted octanol–water partition coefficient (Wildman–Crippen LogP) is 3.56. The van der Waals surface area contributed by atoms with Gasteiger partial charge in [0.05, 0.1) is 11.5 Å². The smallest absolute Gasteiger partial charge is 0.498 e. The molecular formula is C21H18F4N2O7. The number of ether oxygens (including phenoxy) is 1. The van der Waals surface area contributed by atoms with Crippen molar-refractivity contribution >= 4 is 23.4 Å². The maximum absolute atomic E-state index is 14.3. The van der Waals surface area contributed by atoms with Crippen LogP contribution in [0.3, 0.4) is 0 Å². The SMILES string of the molecule is CC1(C(=O)O)CC(c2ccc(OC(F)(F)F)c(F)c2)C[N+](C(=O)[O-])(c2ccc([N+](=O)[O-])cc2)C1. The summed E-state index contributed by atoms with van der Waals surface area (Å²) in [5, 5.41) is 33.2. The second-order valence-electron chi connectivity index (χ2n) is 8.35. The zero-order chi connectivity index (χ0) is 25.5. The van der Waals surface area contributed by atoms with Crippen LogP contribution in [0, 0.1) is 21.3 Å². The van der Waals surface area contributed by atoms with Gasteiger partial charge in [-0.2, -0.15) is 0 Å². The number of piperidine rings is 1. The van der Waals surface area contributed by atoms with Crippen LogP contribution < -0.4 is 14.3 Å². The molecule has 1 aliphatic heterocycles. The van der Waals surface area contributed by atoms with Crippen molar-refractivity contribution in [1.82, 2.24) is 4.48 Å². The number of non-ortho nitro benzene ring substituents is 1. The molecule has 1 N–H and O–H groups in total. The van der Waals surface area contributed by atoms with Gasteiger partial charge in [0.15, 0.2) is 11.6 Å². The molecule has 1 fully saturated rings. The van der Waals surface area contributed by atoms with Crippen LogP contribution in [0.2, 0.25) is 0 Å². The van der Waals surface area contributed by atoms with Crippen LogP contribution >= 0.6 is 0 Å². The minimum absolute atomic E-state index is 0.000252. The van der Waals surface area contributed by atoms with Gasteiger partial charge in [0, 0.05) is 30.2 Å². The van der Waals surface area contributed by atoms with Gasteiger partial charge in [-0.3, -0.25) is 14.9 Å². The zero-order valence-corrected chi connectivity index (χ0v) is 17.5. The van der Waals surface area contributed by atoms with Crippen LogP contribution in [-0.2, 0) is 4.79 Å². The molecule has 3 atom stereocenters. The number of aliphatic carboxylic acids is 1. The summed E-state index contributed by atoms with van der Waals surface area (Å²) in [4.78, 5) is 34.7. The van der Waals surface area contributed by atoms with Crippen molar-refractivity contribution in [3.63, 3.8) is 0 Å². The third kappa shape index (κ3) is 4.78. The normalized spacial score (nSPS) is 24.9. The monoisotopic (exact) mass is 486 g/mol. The molecule has 2 aromatic carbocycles. The molecule has 0 spiro atoms. The van der Waals surface area contributed by atoms with E-state index in [1.54, 1.807) is 0 Å². The Hall–Kier alpha value is -3.74. The van der Waals surface area contributed by atoms with Crippen molar-refractivity contribution in [2.45, 2.75) is 25.6 Å². The van der Waals surface area contributed by atoms with Gasteiger partial charge in [0.2, 0.25) is 0 Å². The molecule has 0 radical (unpaired) electrons. The average molecular weight is 486 g/mol. The molecule has 13 heteroatoms. The molecule has 2 aromatic rings. The molecule has 1 amide bonds. The molecule has 0 saturated carbocycles. The Labute approximate surface area is 189 Å². The number of carboxylic acid groups (broad SMARTS) is 2. The first-order valence-electron chi connectivity index (χ1n) is 9.79. The van der Waals surface area contributed by atoms with Gasteiger partial charge in [-0.05, 0) is 31.0 Å². The lowest BCUT2D eigenvalue weighted by atomic mass is 9.73. The van der Waals surface area contributed by atoms with E-state index in [0.29, 0.717) is 0 Å². The summed E-state index contributed by atoms with van der Waals surface area (Å²) in [5.41, 5.74) is -1.93. The Balaban J connectivity index is 2.09. The summed E-state index contributed by atoms with van der Waals surface area (Å²) < 4.78 is 54.3. The number of likely N-dealkylation sites (tertiary alicyclic amines) is 1. The zero-order valence-electron chi connectivity index (χ0n) is 17.5. The van der Waals surface area contributed by atoms with Gasteiger partial charge >= 0.3 is 12.3 Å². The van der Waals surface area contributed by atoms with E-state index in [2.05, 4.69) is 4.74 Å². The van der Waals surface area contributed by atoms with Crippen molar-refractivity contribution in [3.05, 3.63) is 64.0 Å². The minimum atomic E-state index is -5.13. The number of hydrogen-bond acceptors (Lipinski definition) is 6. The summed E-state index contributed by atoms with van der Waals surface area (Å²) >= 11 is 0. The molecule has 1 saturated heterocycles. The van der Waals surface area contributed by atoms with E-state index >= 15 is 0 Å². The largest absolute Gasteiger partial charge is 0.573 e. The second-order valence-corrected chi connectivity index (χ2v) is 8.35. The Morgan fingerprint density at radius 1 is 1.21 bits per heavy atom. The number of rotatable bonds is 5. The second kappa shape index (κ2) is 8.56. The first kappa shape index (κ1) is 24.9. The molecule has 0 bridgehead atoms. The Bertz CT molecular complexity index is 1140. The third-order valence-corrected chi connectivity index (χ3v) is 5.92. The van der Waals surface area contributed by atoms with Crippen LogP contribution in [0.1, 0.15) is 24.8 Å². The van der Waals surface area contributed by atoms with Crippen molar-refractivity contribution in [2.24, 2.45) is 5.41 Å². The van der Waals surface area contributed by atoms with Gasteiger partial charge in [0.25, 0.3) is 11.8 Å². The van der Waals surface area contributed by atoms with Gasteiger partial charge in [0.1, 0.15) is 17.6 Å². The summed E-state index contributed by atoms with van der Waals surface area (Å²) in [6.45, 7) is 0.485. The number of amides is 1. The number of carbonyl (C=O) groups is 2. The third-order valence-electron chi connectivity index (χ3n) is 5.92. The lowest BCUT2D eigenvalue weighted by Gasteiger charge is -2.49. The van der Waals surface area contributed by atoms with Crippen LogP contribution in [0.4, 0.5) is 33.7 Å². The summed E-state index contributed by atoms with van der Waals surface area (Å²) in [6, 6.07) is 7.01. The van der Waals surface area contributed by atoms with Crippen LogP contribution in [0.5, 0.6) is 5.75 Å². The van der Waals surface area contributed by atoms with Gasteiger partial charge in [-0.25, -0.2) is 8.87 Å². The van der Waals surface area contributed by atoms with Crippen LogP contribution in [0.15, 0.2) is 42.5 Å². The van der Waals surface area contributed by atoms with Crippen molar-refractivity contribution in [1.29, 1.82) is 0 Å². The maximum Gasteiger partial charge on any atom is 0.573 e. The van der Waals surface area contributed by atoms with Gasteiger partial charge in [-0.15, -0.1) is 13.2 Å². The quantitative estimate of drug-likeness (QED) is 0.296. The number of benzene rings is 2. The molecule has 182 valence electrons. The summed E-state index contributed by atoms with van der Waals surface area (Å²) in [5.74, 6) is -4.74. The van der Waals surface area contributed by atoms with E-state index in [1.807, 2.05) is 0 Å². The Kier molecular flexibility index (Phi) is 6.26. The van der Waals surface area contributed by atoms with E-state index in [1.165, 1.54) is 19.1 Å². The van der Waals surface area contributed by atoms with E-state index in [-0.39, 0.29) is 29.9 Å². The number of alkyl halides is 3. The number of nitro benzene ring substituents is 1. The number of carbonyl (C=O) groups excluding carboxylic acids is 1. The molecular weight excluding hydrogens is 468 g/mol. The molecule has 1 aliphatic rings. The fraction of sp³-hybridized carbons (Fsp3) is 0.333. The van der Waals surface area contributed by atoms with Crippen molar-refractivity contribution < 1.29 is 47.0 Å². The Morgan fingerprint density at radius 3 is 2.29 bits per heavy atom. The standard InChI is InChI=1S/C21H18F4N2O7/c1-20(18(28)29)9-13(12-2-7-17(16(22)8-12)34-21(23,24)25)10-27(11-20,19(30)31)15-5-3-14(4-6-15)26(32)33/h2-8,13H,9-11H2,1H3,(H-,28,29,30,31). The first-order valence-corrected chi connectivity index (χ1v) is 9.79. The predicted molar refractivity (Wildman–Crippen MR) is 106 cm³/mol. The summed E-state index contributed by atoms with van der Waals surface area (Å²) in [6.07, 6.45) is -6.98. The fourth-order valence-corrected chi connectivity index (χ4v) is 4.37. The molecule has 9 nitrogen and oxygen atoms in total.